The Bertz CT molecular complexity index is 243. The SMILES string of the molecule is C[C@@H](CO)N=Cc1ccccc1. The van der Waals surface area contributed by atoms with Crippen LogP contribution in [0.1, 0.15) is 12.5 Å². The molecular formula is C10H13NO. The lowest BCUT2D eigenvalue weighted by Crippen LogP contribution is -2.03. The van der Waals surface area contributed by atoms with Crippen LogP contribution < -0.4 is 0 Å². The number of aliphatic imine (C=N–C) groups is 1. The molecule has 0 aliphatic heterocycles. The van der Waals surface area contributed by atoms with Crippen LogP contribution in [0.15, 0.2) is 35.3 Å². The molecule has 1 aromatic carbocycles. The van der Waals surface area contributed by atoms with E-state index in [0.717, 1.165) is 5.56 Å². The van der Waals surface area contributed by atoms with Gasteiger partial charge in [0.15, 0.2) is 0 Å². The Hall–Kier alpha value is -1.15. The molecule has 1 rings (SSSR count). The topological polar surface area (TPSA) is 32.6 Å². The molecule has 2 heteroatoms. The lowest BCUT2D eigenvalue weighted by molar-refractivity contribution is 0.275. The predicted molar refractivity (Wildman–Crippen MR) is 50.6 cm³/mol. The Morgan fingerprint density at radius 2 is 2.08 bits per heavy atom. The molecule has 0 saturated carbocycles. The van der Waals surface area contributed by atoms with Gasteiger partial charge in [-0.25, -0.2) is 0 Å². The molecular weight excluding hydrogens is 150 g/mol. The van der Waals surface area contributed by atoms with Crippen molar-refractivity contribution in [3.8, 4) is 0 Å². The van der Waals surface area contributed by atoms with Gasteiger partial charge in [0.2, 0.25) is 0 Å². The van der Waals surface area contributed by atoms with Gasteiger partial charge in [0.05, 0.1) is 12.6 Å². The van der Waals surface area contributed by atoms with Crippen LogP contribution in [0.2, 0.25) is 0 Å². The van der Waals surface area contributed by atoms with Gasteiger partial charge in [-0.05, 0) is 12.5 Å². The zero-order chi connectivity index (χ0) is 8.81. The highest BCUT2D eigenvalue weighted by Crippen LogP contribution is 1.95. The molecule has 0 bridgehead atoms. The van der Waals surface area contributed by atoms with Crippen LogP contribution in [0.25, 0.3) is 0 Å². The summed E-state index contributed by atoms with van der Waals surface area (Å²) < 4.78 is 0. The second-order valence-electron chi connectivity index (χ2n) is 2.72. The molecule has 2 nitrogen and oxygen atoms in total. The molecule has 1 aromatic rings. The molecule has 0 amide bonds. The number of nitrogens with zero attached hydrogens (tertiary/aromatic N) is 1. The fourth-order valence-electron chi connectivity index (χ4n) is 0.800. The molecule has 64 valence electrons. The van der Waals surface area contributed by atoms with Gasteiger partial charge >= 0.3 is 0 Å². The van der Waals surface area contributed by atoms with E-state index in [-0.39, 0.29) is 12.6 Å². The molecule has 0 radical (unpaired) electrons. The summed E-state index contributed by atoms with van der Waals surface area (Å²) in [4.78, 5) is 4.14. The first-order chi connectivity index (χ1) is 5.83. The van der Waals surface area contributed by atoms with E-state index in [1.54, 1.807) is 6.21 Å². The van der Waals surface area contributed by atoms with E-state index in [1.165, 1.54) is 0 Å². The Morgan fingerprint density at radius 3 is 2.67 bits per heavy atom. The van der Waals surface area contributed by atoms with Crippen LogP contribution in [-0.4, -0.2) is 24.0 Å². The molecule has 0 aliphatic rings. The van der Waals surface area contributed by atoms with Crippen LogP contribution in [0.5, 0.6) is 0 Å². The highest BCUT2D eigenvalue weighted by molar-refractivity contribution is 5.79. The van der Waals surface area contributed by atoms with Crippen molar-refractivity contribution in [1.82, 2.24) is 0 Å². The number of aliphatic hydroxyl groups is 1. The lowest BCUT2D eigenvalue weighted by atomic mass is 10.2. The molecule has 0 heterocycles. The van der Waals surface area contributed by atoms with Crippen molar-refractivity contribution < 1.29 is 5.11 Å². The maximum absolute atomic E-state index is 8.70. The maximum atomic E-state index is 8.70. The van der Waals surface area contributed by atoms with Crippen molar-refractivity contribution in [2.45, 2.75) is 13.0 Å². The zero-order valence-corrected chi connectivity index (χ0v) is 7.14. The van der Waals surface area contributed by atoms with E-state index in [4.69, 9.17) is 5.11 Å². The van der Waals surface area contributed by atoms with E-state index in [9.17, 15) is 0 Å². The summed E-state index contributed by atoms with van der Waals surface area (Å²) in [6.45, 7) is 1.97. The Morgan fingerprint density at radius 1 is 1.42 bits per heavy atom. The van der Waals surface area contributed by atoms with Crippen molar-refractivity contribution in [2.75, 3.05) is 6.61 Å². The molecule has 1 N–H and O–H groups in total. The number of rotatable bonds is 3. The van der Waals surface area contributed by atoms with Crippen molar-refractivity contribution in [2.24, 2.45) is 4.99 Å². The molecule has 12 heavy (non-hydrogen) atoms. The van der Waals surface area contributed by atoms with Crippen molar-refractivity contribution in [3.05, 3.63) is 35.9 Å². The third kappa shape index (κ3) is 2.84. The van der Waals surface area contributed by atoms with E-state index in [1.807, 2.05) is 37.3 Å². The molecule has 0 spiro atoms. The van der Waals surface area contributed by atoms with Crippen LogP contribution in [0.4, 0.5) is 0 Å². The van der Waals surface area contributed by atoms with Gasteiger partial charge in [-0.15, -0.1) is 0 Å². The van der Waals surface area contributed by atoms with Gasteiger partial charge in [-0.2, -0.15) is 0 Å². The summed E-state index contributed by atoms with van der Waals surface area (Å²) >= 11 is 0. The highest BCUT2D eigenvalue weighted by Gasteiger charge is 1.91. The summed E-state index contributed by atoms with van der Waals surface area (Å²) in [5.41, 5.74) is 1.07. The van der Waals surface area contributed by atoms with Crippen LogP contribution in [0.3, 0.4) is 0 Å². The van der Waals surface area contributed by atoms with Gasteiger partial charge in [-0.3, -0.25) is 4.99 Å². The van der Waals surface area contributed by atoms with Crippen molar-refractivity contribution in [3.63, 3.8) is 0 Å². The summed E-state index contributed by atoms with van der Waals surface area (Å²) in [6.07, 6.45) is 1.78. The van der Waals surface area contributed by atoms with E-state index in [0.29, 0.717) is 0 Å². The standard InChI is InChI=1S/C10H13NO/c1-9(8-12)11-7-10-5-3-2-4-6-10/h2-7,9,12H,8H2,1H3/t9-/m0/s1. The quantitative estimate of drug-likeness (QED) is 0.673. The van der Waals surface area contributed by atoms with Crippen LogP contribution in [-0.2, 0) is 0 Å². The molecule has 1 atom stereocenters. The first-order valence-corrected chi connectivity index (χ1v) is 4.02. The highest BCUT2D eigenvalue weighted by atomic mass is 16.3. The Labute approximate surface area is 72.6 Å². The minimum absolute atomic E-state index is 0.00907. The summed E-state index contributed by atoms with van der Waals surface area (Å²) in [5, 5.41) is 8.70. The van der Waals surface area contributed by atoms with Gasteiger partial charge in [0.25, 0.3) is 0 Å². The average molecular weight is 163 g/mol. The van der Waals surface area contributed by atoms with E-state index >= 15 is 0 Å². The van der Waals surface area contributed by atoms with Crippen LogP contribution >= 0.6 is 0 Å². The average Bonchev–Trinajstić information content (AvgIpc) is 2.16. The maximum Gasteiger partial charge on any atom is 0.0702 e. The normalized spacial score (nSPS) is 13.5. The van der Waals surface area contributed by atoms with Gasteiger partial charge < -0.3 is 5.11 Å². The van der Waals surface area contributed by atoms with E-state index in [2.05, 4.69) is 4.99 Å². The summed E-state index contributed by atoms with van der Waals surface area (Å²) in [5.74, 6) is 0. The van der Waals surface area contributed by atoms with Gasteiger partial charge in [-0.1, -0.05) is 30.3 Å². The summed E-state index contributed by atoms with van der Waals surface area (Å²) in [7, 11) is 0. The number of hydrogen-bond donors (Lipinski definition) is 1. The molecule has 0 saturated heterocycles. The number of hydrogen-bond acceptors (Lipinski definition) is 2. The predicted octanol–water partition coefficient (Wildman–Crippen LogP) is 1.49. The van der Waals surface area contributed by atoms with Gasteiger partial charge in [0, 0.05) is 6.21 Å². The van der Waals surface area contributed by atoms with Crippen molar-refractivity contribution in [1.29, 1.82) is 0 Å². The third-order valence-electron chi connectivity index (χ3n) is 1.54. The minimum atomic E-state index is -0.00907. The molecule has 0 aliphatic carbocycles. The molecule has 0 aromatic heterocycles. The Balaban J connectivity index is 2.58. The second kappa shape index (κ2) is 4.67. The first kappa shape index (κ1) is 8.94. The fourth-order valence-corrected chi connectivity index (χ4v) is 0.800. The number of benzene rings is 1. The third-order valence-corrected chi connectivity index (χ3v) is 1.54. The second-order valence-corrected chi connectivity index (χ2v) is 2.72. The monoisotopic (exact) mass is 163 g/mol. The molecule has 0 unspecified atom stereocenters. The molecule has 0 fully saturated rings. The zero-order valence-electron chi connectivity index (χ0n) is 7.14. The van der Waals surface area contributed by atoms with Crippen molar-refractivity contribution >= 4 is 6.21 Å². The fraction of sp³-hybridized carbons (Fsp3) is 0.300. The van der Waals surface area contributed by atoms with Gasteiger partial charge in [0.1, 0.15) is 0 Å². The van der Waals surface area contributed by atoms with E-state index < -0.39 is 0 Å². The summed E-state index contributed by atoms with van der Waals surface area (Å²) in [6, 6.07) is 9.84. The number of aliphatic hydroxyl groups excluding tert-OH is 1. The Kier molecular flexibility index (Phi) is 3.48. The lowest BCUT2D eigenvalue weighted by Gasteiger charge is -1.98. The largest absolute Gasteiger partial charge is 0.394 e. The van der Waals surface area contributed by atoms with Crippen LogP contribution in [0, 0.1) is 0 Å². The smallest absolute Gasteiger partial charge is 0.0702 e. The first-order valence-electron chi connectivity index (χ1n) is 4.02. The minimum Gasteiger partial charge on any atom is -0.394 e.